The summed E-state index contributed by atoms with van der Waals surface area (Å²) in [6.45, 7) is 4.69. The number of aromatic nitrogens is 1. The summed E-state index contributed by atoms with van der Waals surface area (Å²) in [6.07, 6.45) is 4.60. The summed E-state index contributed by atoms with van der Waals surface area (Å²) in [5, 5.41) is 9.34. The van der Waals surface area contributed by atoms with Crippen LogP contribution in [0.1, 0.15) is 44.8 Å². The van der Waals surface area contributed by atoms with Gasteiger partial charge in [-0.15, -0.1) is 0 Å². The van der Waals surface area contributed by atoms with E-state index in [9.17, 15) is 13.5 Å². The van der Waals surface area contributed by atoms with Crippen molar-refractivity contribution in [2.24, 2.45) is 0 Å². The second-order valence-electron chi connectivity index (χ2n) is 4.96. The van der Waals surface area contributed by atoms with Crippen molar-refractivity contribution in [2.75, 3.05) is 13.1 Å². The summed E-state index contributed by atoms with van der Waals surface area (Å²) in [5.41, 5.74) is 0.689. The third kappa shape index (κ3) is 2.85. The zero-order chi connectivity index (χ0) is 14.0. The van der Waals surface area contributed by atoms with E-state index in [0.29, 0.717) is 29.7 Å². The Morgan fingerprint density at radius 1 is 1.42 bits per heavy atom. The van der Waals surface area contributed by atoms with Crippen LogP contribution in [-0.2, 0) is 16.6 Å². The Morgan fingerprint density at radius 2 is 2.11 bits per heavy atom. The van der Waals surface area contributed by atoms with E-state index in [1.54, 1.807) is 12.3 Å². The molecule has 0 radical (unpaired) electrons. The van der Waals surface area contributed by atoms with Crippen LogP contribution in [0.3, 0.4) is 0 Å². The van der Waals surface area contributed by atoms with Gasteiger partial charge in [0.2, 0.25) is 10.0 Å². The maximum absolute atomic E-state index is 12.5. The van der Waals surface area contributed by atoms with E-state index in [2.05, 4.69) is 0 Å². The van der Waals surface area contributed by atoms with Crippen molar-refractivity contribution in [3.63, 3.8) is 0 Å². The Bertz CT molecular complexity index is 532. The van der Waals surface area contributed by atoms with Crippen molar-refractivity contribution in [1.29, 1.82) is 0 Å². The largest absolute Gasteiger partial charge is 0.390 e. The van der Waals surface area contributed by atoms with Crippen molar-refractivity contribution in [3.05, 3.63) is 18.0 Å². The first-order chi connectivity index (χ1) is 9.04. The summed E-state index contributed by atoms with van der Waals surface area (Å²) in [4.78, 5) is 0.304. The van der Waals surface area contributed by atoms with Gasteiger partial charge in [-0.3, -0.25) is 0 Å². The van der Waals surface area contributed by atoms with E-state index in [1.165, 1.54) is 4.31 Å². The lowest BCUT2D eigenvalue weighted by Gasteiger charge is -2.18. The molecule has 1 heterocycles. The van der Waals surface area contributed by atoms with Gasteiger partial charge in [-0.2, -0.15) is 4.31 Å². The van der Waals surface area contributed by atoms with Crippen LogP contribution in [0.5, 0.6) is 0 Å². The van der Waals surface area contributed by atoms with E-state index < -0.39 is 10.0 Å². The van der Waals surface area contributed by atoms with E-state index in [1.807, 2.05) is 18.4 Å². The molecule has 2 rings (SSSR count). The molecule has 1 saturated carbocycles. The van der Waals surface area contributed by atoms with Crippen LogP contribution in [-0.4, -0.2) is 35.5 Å². The molecule has 1 N–H and O–H groups in total. The second kappa shape index (κ2) is 5.64. The van der Waals surface area contributed by atoms with Crippen LogP contribution < -0.4 is 0 Å². The molecule has 5 nitrogen and oxygen atoms in total. The maximum atomic E-state index is 12.5. The zero-order valence-corrected chi connectivity index (χ0v) is 12.4. The number of nitrogens with zero attached hydrogens (tertiary/aromatic N) is 2. The van der Waals surface area contributed by atoms with Crippen molar-refractivity contribution < 1.29 is 13.5 Å². The molecular weight excluding hydrogens is 264 g/mol. The molecule has 1 aromatic rings. The predicted octanol–water partition coefficient (Wildman–Crippen LogP) is 1.74. The van der Waals surface area contributed by atoms with Crippen LogP contribution in [0.15, 0.2) is 17.2 Å². The average molecular weight is 286 g/mol. The van der Waals surface area contributed by atoms with Gasteiger partial charge in [-0.05, 0) is 25.3 Å². The fraction of sp³-hybridized carbons (Fsp3) is 0.692. The highest BCUT2D eigenvalue weighted by molar-refractivity contribution is 7.89. The topological polar surface area (TPSA) is 62.5 Å². The molecule has 0 spiro atoms. The van der Waals surface area contributed by atoms with Gasteiger partial charge < -0.3 is 9.67 Å². The summed E-state index contributed by atoms with van der Waals surface area (Å²) >= 11 is 0. The molecule has 19 heavy (non-hydrogen) atoms. The first-order valence-corrected chi connectivity index (χ1v) is 8.30. The lowest BCUT2D eigenvalue weighted by molar-refractivity contribution is 0.270. The number of aliphatic hydroxyl groups is 1. The fourth-order valence-electron chi connectivity index (χ4n) is 2.30. The monoisotopic (exact) mass is 286 g/mol. The Morgan fingerprint density at radius 3 is 2.58 bits per heavy atom. The van der Waals surface area contributed by atoms with Crippen LogP contribution in [0.25, 0.3) is 0 Å². The molecule has 108 valence electrons. The number of sulfonamides is 1. The van der Waals surface area contributed by atoms with Gasteiger partial charge in [0.25, 0.3) is 0 Å². The van der Waals surface area contributed by atoms with Gasteiger partial charge in [0.15, 0.2) is 0 Å². The van der Waals surface area contributed by atoms with Gasteiger partial charge in [0.1, 0.15) is 4.90 Å². The van der Waals surface area contributed by atoms with E-state index in [0.717, 1.165) is 19.3 Å². The normalized spacial score (nSPS) is 16.2. The van der Waals surface area contributed by atoms with Gasteiger partial charge in [-0.1, -0.05) is 13.8 Å². The maximum Gasteiger partial charge on any atom is 0.244 e. The van der Waals surface area contributed by atoms with E-state index in [-0.39, 0.29) is 6.61 Å². The van der Waals surface area contributed by atoms with Crippen LogP contribution >= 0.6 is 0 Å². The summed E-state index contributed by atoms with van der Waals surface area (Å²) < 4.78 is 28.4. The standard InChI is InChI=1S/C13H22N2O3S/c1-3-7-14(4-2)19(17,18)13-8-12(10-16)15(9-13)11-5-6-11/h8-9,11,16H,3-7,10H2,1-2H3. The predicted molar refractivity (Wildman–Crippen MR) is 73.3 cm³/mol. The minimum atomic E-state index is -3.43. The summed E-state index contributed by atoms with van der Waals surface area (Å²) in [6, 6.07) is 1.97. The molecule has 0 atom stereocenters. The zero-order valence-electron chi connectivity index (χ0n) is 11.5. The minimum absolute atomic E-state index is 0.119. The number of hydrogen-bond acceptors (Lipinski definition) is 3. The molecule has 1 aromatic heterocycles. The Labute approximate surface area is 114 Å². The molecule has 0 bridgehead atoms. The summed E-state index contributed by atoms with van der Waals surface area (Å²) in [5.74, 6) is 0. The third-order valence-electron chi connectivity index (χ3n) is 3.47. The molecule has 0 unspecified atom stereocenters. The average Bonchev–Trinajstić information content (AvgIpc) is 3.14. The van der Waals surface area contributed by atoms with Crippen molar-refractivity contribution >= 4 is 10.0 Å². The SMILES string of the molecule is CCCN(CC)S(=O)(=O)c1cc(CO)n(C2CC2)c1. The molecule has 1 fully saturated rings. The van der Waals surface area contributed by atoms with Crippen molar-refractivity contribution in [3.8, 4) is 0 Å². The Balaban J connectivity index is 2.34. The fourth-order valence-corrected chi connectivity index (χ4v) is 3.90. The van der Waals surface area contributed by atoms with Crippen molar-refractivity contribution in [2.45, 2.75) is 50.7 Å². The molecular formula is C13H22N2O3S. The smallest absolute Gasteiger partial charge is 0.244 e. The van der Waals surface area contributed by atoms with E-state index in [4.69, 9.17) is 0 Å². The molecule has 1 aliphatic carbocycles. The molecule has 1 aliphatic rings. The number of rotatable bonds is 7. The third-order valence-corrected chi connectivity index (χ3v) is 5.41. The highest BCUT2D eigenvalue weighted by Gasteiger charge is 2.30. The van der Waals surface area contributed by atoms with Gasteiger partial charge in [-0.25, -0.2) is 8.42 Å². The number of aliphatic hydroxyl groups excluding tert-OH is 1. The van der Waals surface area contributed by atoms with Gasteiger partial charge in [0.05, 0.1) is 6.61 Å². The second-order valence-corrected chi connectivity index (χ2v) is 6.90. The van der Waals surface area contributed by atoms with Gasteiger partial charge >= 0.3 is 0 Å². The quantitative estimate of drug-likeness (QED) is 0.830. The molecule has 0 amide bonds. The highest BCUT2D eigenvalue weighted by atomic mass is 32.2. The molecule has 0 aromatic carbocycles. The van der Waals surface area contributed by atoms with E-state index >= 15 is 0 Å². The minimum Gasteiger partial charge on any atom is -0.390 e. The lowest BCUT2D eigenvalue weighted by atomic mass is 10.4. The highest BCUT2D eigenvalue weighted by Crippen LogP contribution is 2.37. The first-order valence-electron chi connectivity index (χ1n) is 6.86. The van der Waals surface area contributed by atoms with Crippen LogP contribution in [0.4, 0.5) is 0 Å². The Kier molecular flexibility index (Phi) is 4.32. The van der Waals surface area contributed by atoms with Crippen LogP contribution in [0, 0.1) is 0 Å². The van der Waals surface area contributed by atoms with Crippen molar-refractivity contribution in [1.82, 2.24) is 8.87 Å². The lowest BCUT2D eigenvalue weighted by Crippen LogP contribution is -2.31. The van der Waals surface area contributed by atoms with Gasteiger partial charge in [0, 0.05) is 31.0 Å². The summed E-state index contributed by atoms with van der Waals surface area (Å²) in [7, 11) is -3.43. The van der Waals surface area contributed by atoms with Crippen LogP contribution in [0.2, 0.25) is 0 Å². The molecule has 0 saturated heterocycles. The first kappa shape index (κ1) is 14.6. The molecule has 6 heteroatoms. The molecule has 0 aliphatic heterocycles. The Hall–Kier alpha value is -0.850. The number of hydrogen-bond donors (Lipinski definition) is 1.